The van der Waals surface area contributed by atoms with Gasteiger partial charge in [0.15, 0.2) is 0 Å². The Balaban J connectivity index is 2.19. The normalized spacial score (nSPS) is 11.8. The highest BCUT2D eigenvalue weighted by Gasteiger charge is 2.13. The maximum atomic E-state index is 12.5. The van der Waals surface area contributed by atoms with E-state index in [4.69, 9.17) is 0 Å². The minimum atomic E-state index is -3.37. The molecule has 0 spiro atoms. The Morgan fingerprint density at radius 3 is 2.36 bits per heavy atom. The maximum absolute atomic E-state index is 12.5. The largest absolute Gasteiger partial charge is 0.349 e. The van der Waals surface area contributed by atoms with Gasteiger partial charge in [0, 0.05) is 29.3 Å². The van der Waals surface area contributed by atoms with Gasteiger partial charge in [0.05, 0.1) is 6.26 Å². The first-order valence-corrected chi connectivity index (χ1v) is 10.7. The SMILES string of the molecule is CCCn1c(C)cc(/C=C(\C#N)C(=O)Nc2ccc(NS(C)(=O)=O)cc2)c1C. The molecule has 0 atom stereocenters. The van der Waals surface area contributed by atoms with Crippen molar-refractivity contribution in [1.29, 1.82) is 5.26 Å². The number of rotatable bonds is 7. The van der Waals surface area contributed by atoms with Crippen molar-refractivity contribution in [2.24, 2.45) is 0 Å². The van der Waals surface area contributed by atoms with Gasteiger partial charge in [0.2, 0.25) is 10.0 Å². The number of nitrogens with one attached hydrogen (secondary N) is 2. The number of hydrogen-bond acceptors (Lipinski definition) is 4. The van der Waals surface area contributed by atoms with Crippen LogP contribution in [0.3, 0.4) is 0 Å². The molecular weight excluding hydrogens is 376 g/mol. The number of carbonyl (C=O) groups excluding carboxylic acids is 1. The van der Waals surface area contributed by atoms with E-state index in [-0.39, 0.29) is 5.57 Å². The van der Waals surface area contributed by atoms with Crippen LogP contribution < -0.4 is 10.0 Å². The molecular formula is C20H24N4O3S. The van der Waals surface area contributed by atoms with E-state index in [1.165, 1.54) is 12.1 Å². The van der Waals surface area contributed by atoms with Crippen LogP contribution in [0, 0.1) is 25.2 Å². The molecule has 0 aliphatic rings. The van der Waals surface area contributed by atoms with Crippen molar-refractivity contribution in [2.45, 2.75) is 33.7 Å². The summed E-state index contributed by atoms with van der Waals surface area (Å²) >= 11 is 0. The molecule has 1 amide bonds. The molecule has 0 unspecified atom stereocenters. The Labute approximate surface area is 165 Å². The smallest absolute Gasteiger partial charge is 0.266 e. The first kappa shape index (κ1) is 21.3. The molecule has 1 aromatic carbocycles. The Morgan fingerprint density at radius 1 is 1.21 bits per heavy atom. The Kier molecular flexibility index (Phi) is 6.65. The van der Waals surface area contributed by atoms with Gasteiger partial charge in [-0.2, -0.15) is 5.26 Å². The molecule has 2 N–H and O–H groups in total. The lowest BCUT2D eigenvalue weighted by molar-refractivity contribution is -0.112. The van der Waals surface area contributed by atoms with Crippen molar-refractivity contribution in [1.82, 2.24) is 4.57 Å². The van der Waals surface area contributed by atoms with Crippen molar-refractivity contribution in [3.63, 3.8) is 0 Å². The molecule has 8 heteroatoms. The fourth-order valence-electron chi connectivity index (χ4n) is 2.88. The monoisotopic (exact) mass is 400 g/mol. The molecule has 0 aliphatic heterocycles. The number of aromatic nitrogens is 1. The van der Waals surface area contributed by atoms with Crippen molar-refractivity contribution in [3.8, 4) is 6.07 Å². The van der Waals surface area contributed by atoms with Crippen LogP contribution in [0.5, 0.6) is 0 Å². The number of hydrogen-bond donors (Lipinski definition) is 2. The van der Waals surface area contributed by atoms with E-state index < -0.39 is 15.9 Å². The van der Waals surface area contributed by atoms with Crippen LogP contribution in [-0.2, 0) is 21.4 Å². The number of aryl methyl sites for hydroxylation is 1. The highest BCUT2D eigenvalue weighted by molar-refractivity contribution is 7.92. The van der Waals surface area contributed by atoms with E-state index in [2.05, 4.69) is 21.5 Å². The number of sulfonamides is 1. The van der Waals surface area contributed by atoms with Gasteiger partial charge in [-0.25, -0.2) is 8.42 Å². The fraction of sp³-hybridized carbons (Fsp3) is 0.300. The highest BCUT2D eigenvalue weighted by atomic mass is 32.2. The van der Waals surface area contributed by atoms with E-state index >= 15 is 0 Å². The molecule has 0 saturated carbocycles. The van der Waals surface area contributed by atoms with E-state index in [0.717, 1.165) is 36.2 Å². The Bertz CT molecular complexity index is 1040. The molecule has 0 fully saturated rings. The third-order valence-corrected chi connectivity index (χ3v) is 4.78. The van der Waals surface area contributed by atoms with Crippen LogP contribution in [0.15, 0.2) is 35.9 Å². The van der Waals surface area contributed by atoms with Crippen molar-refractivity contribution < 1.29 is 13.2 Å². The molecule has 2 rings (SSSR count). The molecule has 0 aliphatic carbocycles. The molecule has 1 aromatic heterocycles. The summed E-state index contributed by atoms with van der Waals surface area (Å²) in [5, 5.41) is 12.1. The number of carbonyl (C=O) groups is 1. The van der Waals surface area contributed by atoms with Crippen LogP contribution in [-0.4, -0.2) is 25.1 Å². The molecule has 28 heavy (non-hydrogen) atoms. The lowest BCUT2D eigenvalue weighted by atomic mass is 10.1. The van der Waals surface area contributed by atoms with Crippen LogP contribution in [0.25, 0.3) is 6.08 Å². The zero-order chi connectivity index (χ0) is 20.9. The summed E-state index contributed by atoms with van der Waals surface area (Å²) in [6.45, 7) is 6.94. The number of nitrogens with zero attached hydrogens (tertiary/aromatic N) is 2. The summed E-state index contributed by atoms with van der Waals surface area (Å²) in [6, 6.07) is 10.1. The lowest BCUT2D eigenvalue weighted by Gasteiger charge is -2.08. The third kappa shape index (κ3) is 5.47. The predicted octanol–water partition coefficient (Wildman–Crippen LogP) is 3.43. The quantitative estimate of drug-likeness (QED) is 0.549. The summed E-state index contributed by atoms with van der Waals surface area (Å²) in [5.74, 6) is -0.522. The average molecular weight is 401 g/mol. The van der Waals surface area contributed by atoms with Gasteiger partial charge in [0.1, 0.15) is 11.6 Å². The second-order valence-electron chi connectivity index (χ2n) is 6.55. The Morgan fingerprint density at radius 2 is 1.82 bits per heavy atom. The lowest BCUT2D eigenvalue weighted by Crippen LogP contribution is -2.14. The first-order valence-electron chi connectivity index (χ1n) is 8.82. The van der Waals surface area contributed by atoms with Gasteiger partial charge in [0.25, 0.3) is 5.91 Å². The van der Waals surface area contributed by atoms with Crippen LogP contribution in [0.2, 0.25) is 0 Å². The van der Waals surface area contributed by atoms with Gasteiger partial charge < -0.3 is 9.88 Å². The second kappa shape index (κ2) is 8.76. The fourth-order valence-corrected chi connectivity index (χ4v) is 3.44. The number of benzene rings is 1. The zero-order valence-corrected chi connectivity index (χ0v) is 17.2. The number of amides is 1. The van der Waals surface area contributed by atoms with Gasteiger partial charge >= 0.3 is 0 Å². The molecule has 0 bridgehead atoms. The van der Waals surface area contributed by atoms with Gasteiger partial charge in [-0.15, -0.1) is 0 Å². The van der Waals surface area contributed by atoms with Crippen LogP contribution in [0.4, 0.5) is 11.4 Å². The standard InChI is InChI=1S/C20H24N4O3S/c1-5-10-24-14(2)11-16(15(24)3)12-17(13-21)20(25)22-18-6-8-19(9-7-18)23-28(4,26)27/h6-9,11-12,23H,5,10H2,1-4H3,(H,22,25)/b17-12+. The van der Waals surface area contributed by atoms with E-state index in [1.54, 1.807) is 18.2 Å². The summed E-state index contributed by atoms with van der Waals surface area (Å²) in [5.41, 5.74) is 3.77. The molecule has 1 heterocycles. The van der Waals surface area contributed by atoms with Gasteiger partial charge in [-0.05, 0) is 62.2 Å². The van der Waals surface area contributed by atoms with Crippen molar-refractivity contribution in [2.75, 3.05) is 16.3 Å². The summed E-state index contributed by atoms with van der Waals surface area (Å²) in [7, 11) is -3.37. The van der Waals surface area contributed by atoms with Crippen molar-refractivity contribution >= 4 is 33.4 Å². The Hall–Kier alpha value is -3.05. The van der Waals surface area contributed by atoms with Crippen molar-refractivity contribution in [3.05, 3.63) is 52.9 Å². The zero-order valence-electron chi connectivity index (χ0n) is 16.4. The summed E-state index contributed by atoms with van der Waals surface area (Å²) in [4.78, 5) is 12.5. The minimum absolute atomic E-state index is 0.00455. The first-order chi connectivity index (χ1) is 13.1. The molecule has 0 saturated heterocycles. The molecule has 7 nitrogen and oxygen atoms in total. The summed E-state index contributed by atoms with van der Waals surface area (Å²) < 4.78 is 27.0. The number of nitriles is 1. The number of anilines is 2. The van der Waals surface area contributed by atoms with Crippen LogP contribution in [0.1, 0.15) is 30.3 Å². The third-order valence-electron chi connectivity index (χ3n) is 4.17. The molecule has 0 radical (unpaired) electrons. The van der Waals surface area contributed by atoms with E-state index in [1.807, 2.05) is 26.0 Å². The van der Waals surface area contributed by atoms with E-state index in [0.29, 0.717) is 11.4 Å². The van der Waals surface area contributed by atoms with Crippen LogP contribution >= 0.6 is 0 Å². The highest BCUT2D eigenvalue weighted by Crippen LogP contribution is 2.20. The minimum Gasteiger partial charge on any atom is -0.349 e. The molecule has 2 aromatic rings. The maximum Gasteiger partial charge on any atom is 0.266 e. The summed E-state index contributed by atoms with van der Waals surface area (Å²) in [6.07, 6.45) is 3.64. The molecule has 148 valence electrons. The average Bonchev–Trinajstić information content (AvgIpc) is 2.87. The van der Waals surface area contributed by atoms with E-state index in [9.17, 15) is 18.5 Å². The topological polar surface area (TPSA) is 104 Å². The van der Waals surface area contributed by atoms with Gasteiger partial charge in [-0.1, -0.05) is 6.92 Å². The van der Waals surface area contributed by atoms with Gasteiger partial charge in [-0.3, -0.25) is 9.52 Å². The predicted molar refractivity (Wildman–Crippen MR) is 111 cm³/mol. The second-order valence-corrected chi connectivity index (χ2v) is 8.30.